The Balaban J connectivity index is 1.77. The highest BCUT2D eigenvalue weighted by Crippen LogP contribution is 2.18. The number of nitrogens with one attached hydrogen (secondary N) is 1. The number of amides is 1. The topological polar surface area (TPSA) is 81.0 Å². The van der Waals surface area contributed by atoms with Crippen LogP contribution in [0.5, 0.6) is 0 Å². The molecule has 2 heterocycles. The number of likely N-dealkylation sites (tertiary alicyclic amines) is 1. The molecule has 23 heavy (non-hydrogen) atoms. The van der Waals surface area contributed by atoms with E-state index in [1.54, 1.807) is 17.9 Å². The minimum absolute atomic E-state index is 0.189. The van der Waals surface area contributed by atoms with Crippen LogP contribution >= 0.6 is 0 Å². The molecule has 1 aromatic rings. The van der Waals surface area contributed by atoms with Gasteiger partial charge in [0.2, 0.25) is 0 Å². The molecule has 0 radical (unpaired) electrons. The molecule has 1 N–H and O–H groups in total. The maximum Gasteiger partial charge on any atom is 0.410 e. The minimum atomic E-state index is -0.481. The van der Waals surface area contributed by atoms with Crippen LogP contribution in [0.15, 0.2) is 10.5 Å². The van der Waals surface area contributed by atoms with E-state index >= 15 is 0 Å². The number of rotatable bonds is 4. The Bertz CT molecular complexity index is 582. The molecular formula is C16H24N2O5. The second kappa shape index (κ2) is 6.62. The molecule has 1 aliphatic rings. The number of ether oxygens (including phenoxy) is 2. The maximum absolute atomic E-state index is 11.8. The Labute approximate surface area is 135 Å². The number of nitrogens with zero attached hydrogens (tertiary/aromatic N) is 1. The molecule has 1 amide bonds. The highest BCUT2D eigenvalue weighted by Gasteiger charge is 2.33. The fourth-order valence-electron chi connectivity index (χ4n) is 2.27. The third-order valence-electron chi connectivity index (χ3n) is 3.47. The van der Waals surface area contributed by atoms with E-state index in [0.717, 1.165) is 0 Å². The van der Waals surface area contributed by atoms with E-state index in [-0.39, 0.29) is 12.1 Å². The first-order valence-electron chi connectivity index (χ1n) is 7.58. The van der Waals surface area contributed by atoms with Crippen molar-refractivity contribution in [3.05, 3.63) is 23.2 Å². The van der Waals surface area contributed by atoms with Gasteiger partial charge in [0.1, 0.15) is 22.7 Å². The number of hydrogen-bond acceptors (Lipinski definition) is 6. The van der Waals surface area contributed by atoms with Gasteiger partial charge in [-0.1, -0.05) is 0 Å². The average molecular weight is 324 g/mol. The first kappa shape index (κ1) is 17.3. The summed E-state index contributed by atoms with van der Waals surface area (Å²) < 4.78 is 15.5. The van der Waals surface area contributed by atoms with E-state index < -0.39 is 11.6 Å². The van der Waals surface area contributed by atoms with Crippen molar-refractivity contribution >= 4 is 12.1 Å². The summed E-state index contributed by atoms with van der Waals surface area (Å²) in [7, 11) is 1.34. The molecule has 0 atom stereocenters. The van der Waals surface area contributed by atoms with Crippen LogP contribution in [0.25, 0.3) is 0 Å². The molecule has 7 heteroatoms. The zero-order valence-corrected chi connectivity index (χ0v) is 14.3. The molecule has 0 aliphatic carbocycles. The van der Waals surface area contributed by atoms with E-state index in [0.29, 0.717) is 36.7 Å². The van der Waals surface area contributed by atoms with Crippen molar-refractivity contribution in [2.45, 2.75) is 45.9 Å². The summed E-state index contributed by atoms with van der Waals surface area (Å²) in [5.74, 6) is 0.800. The molecule has 0 unspecified atom stereocenters. The third-order valence-corrected chi connectivity index (χ3v) is 3.47. The Morgan fingerprint density at radius 2 is 2.04 bits per heavy atom. The number of hydrogen-bond donors (Lipinski definition) is 1. The molecule has 1 saturated heterocycles. The molecule has 0 bridgehead atoms. The molecular weight excluding hydrogens is 300 g/mol. The van der Waals surface area contributed by atoms with Gasteiger partial charge in [-0.15, -0.1) is 0 Å². The van der Waals surface area contributed by atoms with Gasteiger partial charge in [-0.3, -0.25) is 0 Å². The van der Waals surface area contributed by atoms with Crippen LogP contribution in [0.2, 0.25) is 0 Å². The lowest BCUT2D eigenvalue weighted by molar-refractivity contribution is 0.00503. The highest BCUT2D eigenvalue weighted by atomic mass is 16.6. The van der Waals surface area contributed by atoms with Crippen molar-refractivity contribution in [3.8, 4) is 0 Å². The fourth-order valence-corrected chi connectivity index (χ4v) is 2.27. The molecule has 0 saturated carbocycles. The van der Waals surface area contributed by atoms with Crippen molar-refractivity contribution < 1.29 is 23.5 Å². The van der Waals surface area contributed by atoms with Gasteiger partial charge in [-0.2, -0.15) is 0 Å². The summed E-state index contributed by atoms with van der Waals surface area (Å²) in [5.41, 5.74) is -0.0423. The van der Waals surface area contributed by atoms with Crippen LogP contribution in [0.3, 0.4) is 0 Å². The number of aryl methyl sites for hydroxylation is 1. The van der Waals surface area contributed by atoms with Crippen molar-refractivity contribution in [1.82, 2.24) is 10.2 Å². The first-order chi connectivity index (χ1) is 10.7. The van der Waals surface area contributed by atoms with Gasteiger partial charge in [0.05, 0.1) is 13.7 Å². The standard InChI is InChI=1S/C16H24N2O5/c1-10-13(14(19)21-5)6-12(22-10)7-17-11-8-18(9-11)15(20)23-16(2,3)4/h6,11,17H,7-9H2,1-5H3. The number of esters is 1. The molecule has 0 spiro atoms. The summed E-state index contributed by atoms with van der Waals surface area (Å²) in [6.45, 7) is 8.95. The average Bonchev–Trinajstić information content (AvgIpc) is 2.75. The largest absolute Gasteiger partial charge is 0.465 e. The van der Waals surface area contributed by atoms with Crippen LogP contribution in [0.4, 0.5) is 4.79 Å². The van der Waals surface area contributed by atoms with Gasteiger partial charge in [0.25, 0.3) is 0 Å². The molecule has 0 aromatic carbocycles. The van der Waals surface area contributed by atoms with Crippen LogP contribution in [0, 0.1) is 6.92 Å². The number of furan rings is 1. The SMILES string of the molecule is COC(=O)c1cc(CNC2CN(C(=O)OC(C)(C)C)C2)oc1C. The number of carbonyl (C=O) groups excluding carboxylic acids is 2. The van der Waals surface area contributed by atoms with Gasteiger partial charge in [-0.25, -0.2) is 9.59 Å². The van der Waals surface area contributed by atoms with Crippen molar-refractivity contribution in [3.63, 3.8) is 0 Å². The van der Waals surface area contributed by atoms with Gasteiger partial charge < -0.3 is 24.1 Å². The predicted octanol–water partition coefficient (Wildman–Crippen LogP) is 2.08. The first-order valence-corrected chi connectivity index (χ1v) is 7.58. The molecule has 128 valence electrons. The minimum Gasteiger partial charge on any atom is -0.465 e. The van der Waals surface area contributed by atoms with Crippen LogP contribution in [-0.4, -0.2) is 48.8 Å². The summed E-state index contributed by atoms with van der Waals surface area (Å²) in [6.07, 6.45) is -0.294. The Morgan fingerprint density at radius 3 is 2.61 bits per heavy atom. The Kier molecular flexibility index (Phi) is 4.99. The van der Waals surface area contributed by atoms with Crippen molar-refractivity contribution in [1.29, 1.82) is 0 Å². The van der Waals surface area contributed by atoms with Crippen LogP contribution < -0.4 is 5.32 Å². The monoisotopic (exact) mass is 324 g/mol. The van der Waals surface area contributed by atoms with Gasteiger partial charge in [0.15, 0.2) is 0 Å². The van der Waals surface area contributed by atoms with E-state index in [4.69, 9.17) is 13.9 Å². The third kappa shape index (κ3) is 4.48. The molecule has 7 nitrogen and oxygen atoms in total. The van der Waals surface area contributed by atoms with Crippen molar-refractivity contribution in [2.75, 3.05) is 20.2 Å². The van der Waals surface area contributed by atoms with E-state index in [9.17, 15) is 9.59 Å². The Morgan fingerprint density at radius 1 is 1.39 bits per heavy atom. The van der Waals surface area contributed by atoms with E-state index in [1.165, 1.54) is 7.11 Å². The highest BCUT2D eigenvalue weighted by molar-refractivity contribution is 5.90. The zero-order valence-electron chi connectivity index (χ0n) is 14.3. The summed E-state index contributed by atoms with van der Waals surface area (Å²) in [6, 6.07) is 1.87. The van der Waals surface area contributed by atoms with Crippen LogP contribution in [-0.2, 0) is 16.0 Å². The second-order valence-corrected chi connectivity index (χ2v) is 6.64. The maximum atomic E-state index is 11.8. The molecule has 2 rings (SSSR count). The number of carbonyl (C=O) groups is 2. The van der Waals surface area contributed by atoms with Gasteiger partial charge in [-0.05, 0) is 33.8 Å². The van der Waals surface area contributed by atoms with Gasteiger partial charge >= 0.3 is 12.1 Å². The Hall–Kier alpha value is -2.02. The normalized spacial score (nSPS) is 15.3. The fraction of sp³-hybridized carbons (Fsp3) is 0.625. The molecule has 1 fully saturated rings. The summed E-state index contributed by atoms with van der Waals surface area (Å²) in [4.78, 5) is 25.0. The lowest BCUT2D eigenvalue weighted by Gasteiger charge is -2.40. The molecule has 1 aromatic heterocycles. The van der Waals surface area contributed by atoms with Crippen LogP contribution in [0.1, 0.15) is 42.6 Å². The quantitative estimate of drug-likeness (QED) is 0.854. The second-order valence-electron chi connectivity index (χ2n) is 6.64. The zero-order chi connectivity index (χ0) is 17.2. The summed E-state index contributed by atoms with van der Waals surface area (Å²) >= 11 is 0. The summed E-state index contributed by atoms with van der Waals surface area (Å²) in [5, 5.41) is 3.29. The lowest BCUT2D eigenvalue weighted by Crippen LogP contribution is -2.60. The lowest BCUT2D eigenvalue weighted by atomic mass is 10.1. The van der Waals surface area contributed by atoms with Crippen molar-refractivity contribution in [2.24, 2.45) is 0 Å². The predicted molar refractivity (Wildman–Crippen MR) is 83.2 cm³/mol. The number of methoxy groups -OCH3 is 1. The van der Waals surface area contributed by atoms with E-state index in [1.807, 2.05) is 20.8 Å². The molecule has 1 aliphatic heterocycles. The smallest absolute Gasteiger partial charge is 0.410 e. The van der Waals surface area contributed by atoms with E-state index in [2.05, 4.69) is 5.32 Å². The van der Waals surface area contributed by atoms with Gasteiger partial charge in [0, 0.05) is 19.1 Å².